The van der Waals surface area contributed by atoms with Gasteiger partial charge in [-0.2, -0.15) is 0 Å². The van der Waals surface area contributed by atoms with Crippen molar-refractivity contribution in [1.29, 1.82) is 0 Å². The van der Waals surface area contributed by atoms with Crippen molar-refractivity contribution >= 4 is 21.6 Å². The first kappa shape index (κ1) is 16.5. The van der Waals surface area contributed by atoms with Crippen molar-refractivity contribution in [3.8, 4) is 0 Å². The third-order valence-corrected chi connectivity index (χ3v) is 3.81. The van der Waals surface area contributed by atoms with E-state index in [1.54, 1.807) is 20.1 Å². The van der Waals surface area contributed by atoms with Crippen molar-refractivity contribution in [2.45, 2.75) is 18.2 Å². The summed E-state index contributed by atoms with van der Waals surface area (Å²) in [5.74, 6) is 0. The molecule has 2 N–H and O–H groups in total. The second-order valence-corrected chi connectivity index (χ2v) is 6.49. The molecule has 0 spiro atoms. The van der Waals surface area contributed by atoms with Crippen LogP contribution in [-0.2, 0) is 14.6 Å². The number of anilines is 1. The normalized spacial score (nSPS) is 11.2. The summed E-state index contributed by atoms with van der Waals surface area (Å²) >= 11 is 0. The highest BCUT2D eigenvalue weighted by molar-refractivity contribution is 7.90. The van der Waals surface area contributed by atoms with Crippen molar-refractivity contribution in [2.24, 2.45) is 0 Å². The summed E-state index contributed by atoms with van der Waals surface area (Å²) in [6.07, 6.45) is 1.85. The minimum Gasteiger partial charge on any atom is -0.385 e. The van der Waals surface area contributed by atoms with Gasteiger partial charge in [-0.25, -0.2) is 13.2 Å². The Hall–Kier alpha value is -1.60. The highest BCUT2D eigenvalue weighted by atomic mass is 32.2. The monoisotopic (exact) mass is 300 g/mol. The quantitative estimate of drug-likeness (QED) is 0.781. The molecule has 0 fully saturated rings. The first-order chi connectivity index (χ1) is 9.34. The van der Waals surface area contributed by atoms with Crippen LogP contribution in [0.25, 0.3) is 0 Å². The maximum Gasteiger partial charge on any atom is 0.319 e. The summed E-state index contributed by atoms with van der Waals surface area (Å²) in [7, 11) is -1.69. The van der Waals surface area contributed by atoms with Gasteiger partial charge in [0.25, 0.3) is 0 Å². The van der Waals surface area contributed by atoms with Gasteiger partial charge in [-0.05, 0) is 31.0 Å². The Morgan fingerprint density at radius 1 is 1.35 bits per heavy atom. The van der Waals surface area contributed by atoms with Crippen LogP contribution in [0.5, 0.6) is 0 Å². The van der Waals surface area contributed by atoms with Gasteiger partial charge < -0.3 is 15.4 Å². The number of urea groups is 1. The Morgan fingerprint density at radius 2 is 2.05 bits per heavy atom. The molecule has 2 amide bonds. The van der Waals surface area contributed by atoms with Crippen LogP contribution in [0.4, 0.5) is 10.5 Å². The first-order valence-corrected chi connectivity index (χ1v) is 8.08. The molecule has 1 aromatic rings. The van der Waals surface area contributed by atoms with E-state index in [4.69, 9.17) is 4.74 Å². The summed E-state index contributed by atoms with van der Waals surface area (Å²) in [5, 5.41) is 5.32. The third-order valence-electron chi connectivity index (χ3n) is 2.70. The number of carbonyl (C=O) groups excluding carboxylic acids is 1. The van der Waals surface area contributed by atoms with Crippen LogP contribution >= 0.6 is 0 Å². The van der Waals surface area contributed by atoms with Crippen LogP contribution in [0.3, 0.4) is 0 Å². The zero-order chi connectivity index (χ0) is 15.2. The van der Waals surface area contributed by atoms with E-state index in [1.807, 2.05) is 0 Å². The minimum atomic E-state index is -3.29. The maximum atomic E-state index is 11.7. The molecule has 1 aromatic carbocycles. The SMILES string of the molecule is COCCCNC(=O)Nc1cc(S(C)(=O)=O)ccc1C. The van der Waals surface area contributed by atoms with Gasteiger partial charge in [0, 0.05) is 32.2 Å². The van der Waals surface area contributed by atoms with E-state index < -0.39 is 9.84 Å². The molecule has 20 heavy (non-hydrogen) atoms. The van der Waals surface area contributed by atoms with Crippen LogP contribution in [0, 0.1) is 6.92 Å². The first-order valence-electron chi connectivity index (χ1n) is 6.19. The lowest BCUT2D eigenvalue weighted by atomic mass is 10.2. The van der Waals surface area contributed by atoms with Crippen LogP contribution in [0.15, 0.2) is 23.1 Å². The summed E-state index contributed by atoms with van der Waals surface area (Å²) in [5.41, 5.74) is 1.28. The second kappa shape index (κ2) is 7.25. The van der Waals surface area contributed by atoms with E-state index in [0.29, 0.717) is 25.3 Å². The van der Waals surface area contributed by atoms with Crippen LogP contribution in [0.2, 0.25) is 0 Å². The van der Waals surface area contributed by atoms with Crippen molar-refractivity contribution in [1.82, 2.24) is 5.32 Å². The standard InChI is InChI=1S/C13H20N2O4S/c1-10-5-6-11(20(3,17)18)9-12(10)15-13(16)14-7-4-8-19-2/h5-6,9H,4,7-8H2,1-3H3,(H2,14,15,16). The Labute approximate surface area is 119 Å². The fourth-order valence-electron chi connectivity index (χ4n) is 1.55. The minimum absolute atomic E-state index is 0.179. The zero-order valence-corrected chi connectivity index (χ0v) is 12.7. The van der Waals surface area contributed by atoms with E-state index >= 15 is 0 Å². The number of hydrogen-bond acceptors (Lipinski definition) is 4. The van der Waals surface area contributed by atoms with Crippen molar-refractivity contribution < 1.29 is 17.9 Å². The lowest BCUT2D eigenvalue weighted by Gasteiger charge is -2.11. The summed E-state index contributed by atoms with van der Waals surface area (Å²) in [6, 6.07) is 4.28. The van der Waals surface area contributed by atoms with E-state index in [9.17, 15) is 13.2 Å². The molecule has 0 aliphatic rings. The number of nitrogens with one attached hydrogen (secondary N) is 2. The van der Waals surface area contributed by atoms with Crippen LogP contribution in [0.1, 0.15) is 12.0 Å². The largest absolute Gasteiger partial charge is 0.385 e. The summed E-state index contributed by atoms with van der Waals surface area (Å²) < 4.78 is 27.8. The number of sulfone groups is 1. The highest BCUT2D eigenvalue weighted by Crippen LogP contribution is 2.20. The van der Waals surface area contributed by atoms with Gasteiger partial charge in [-0.1, -0.05) is 6.07 Å². The van der Waals surface area contributed by atoms with Gasteiger partial charge in [0.15, 0.2) is 9.84 Å². The molecule has 0 bridgehead atoms. The summed E-state index contributed by atoms with van der Waals surface area (Å²) in [4.78, 5) is 11.9. The van der Waals surface area contributed by atoms with Crippen molar-refractivity contribution in [2.75, 3.05) is 31.8 Å². The molecule has 0 aliphatic carbocycles. The number of methoxy groups -OCH3 is 1. The molecule has 0 radical (unpaired) electrons. The van der Waals surface area contributed by atoms with E-state index in [-0.39, 0.29) is 10.9 Å². The predicted molar refractivity (Wildman–Crippen MR) is 77.8 cm³/mol. The van der Waals surface area contributed by atoms with Gasteiger partial charge in [0.1, 0.15) is 0 Å². The molecule has 0 saturated carbocycles. The molecule has 0 heterocycles. The molecule has 0 atom stereocenters. The predicted octanol–water partition coefficient (Wildman–Crippen LogP) is 1.56. The summed E-state index contributed by atoms with van der Waals surface area (Å²) in [6.45, 7) is 2.86. The Kier molecular flexibility index (Phi) is 5.97. The van der Waals surface area contributed by atoms with E-state index in [2.05, 4.69) is 10.6 Å². The number of aryl methyl sites for hydroxylation is 1. The number of benzene rings is 1. The van der Waals surface area contributed by atoms with Gasteiger partial charge in [0.2, 0.25) is 0 Å². The van der Waals surface area contributed by atoms with Crippen LogP contribution < -0.4 is 10.6 Å². The average molecular weight is 300 g/mol. The molecule has 1 rings (SSSR count). The number of amides is 2. The van der Waals surface area contributed by atoms with Gasteiger partial charge in [0.05, 0.1) is 4.90 Å². The van der Waals surface area contributed by atoms with Crippen LogP contribution in [-0.4, -0.2) is 41.0 Å². The number of ether oxygens (including phenoxy) is 1. The van der Waals surface area contributed by atoms with Gasteiger partial charge >= 0.3 is 6.03 Å². The zero-order valence-electron chi connectivity index (χ0n) is 11.9. The highest BCUT2D eigenvalue weighted by Gasteiger charge is 2.11. The fraction of sp³-hybridized carbons (Fsp3) is 0.462. The number of carbonyl (C=O) groups is 1. The Morgan fingerprint density at radius 3 is 2.65 bits per heavy atom. The molecule has 0 unspecified atom stereocenters. The maximum absolute atomic E-state index is 11.7. The number of rotatable bonds is 6. The average Bonchev–Trinajstić information content (AvgIpc) is 2.36. The fourth-order valence-corrected chi connectivity index (χ4v) is 2.20. The molecule has 7 heteroatoms. The van der Waals surface area contributed by atoms with Gasteiger partial charge in [-0.15, -0.1) is 0 Å². The Bertz CT molecular complexity index is 570. The molecule has 0 aromatic heterocycles. The molecule has 112 valence electrons. The molecule has 6 nitrogen and oxygen atoms in total. The lowest BCUT2D eigenvalue weighted by molar-refractivity contribution is 0.194. The molecular weight excluding hydrogens is 280 g/mol. The third kappa shape index (κ3) is 5.18. The van der Waals surface area contributed by atoms with E-state index in [1.165, 1.54) is 12.1 Å². The van der Waals surface area contributed by atoms with Gasteiger partial charge in [-0.3, -0.25) is 0 Å². The number of hydrogen-bond donors (Lipinski definition) is 2. The Balaban J connectivity index is 2.69. The lowest BCUT2D eigenvalue weighted by Crippen LogP contribution is -2.30. The van der Waals surface area contributed by atoms with E-state index in [0.717, 1.165) is 11.8 Å². The topological polar surface area (TPSA) is 84.5 Å². The second-order valence-electron chi connectivity index (χ2n) is 4.48. The molecule has 0 saturated heterocycles. The smallest absolute Gasteiger partial charge is 0.319 e. The molecule has 0 aliphatic heterocycles. The molecular formula is C13H20N2O4S. The van der Waals surface area contributed by atoms with Crippen molar-refractivity contribution in [3.63, 3.8) is 0 Å². The van der Waals surface area contributed by atoms with Crippen molar-refractivity contribution in [3.05, 3.63) is 23.8 Å².